The number of carbonyl (C=O) groups is 2. The highest BCUT2D eigenvalue weighted by Gasteiger charge is 2.34. The molecular formula is C17H21ClN2O4. The predicted molar refractivity (Wildman–Crippen MR) is 91.7 cm³/mol. The zero-order valence-corrected chi connectivity index (χ0v) is 14.3. The Labute approximate surface area is 147 Å². The molecular weight excluding hydrogens is 332 g/mol. The number of nitrogens with one attached hydrogen (secondary N) is 1. The minimum Gasteiger partial charge on any atom is -0.468 e. The third kappa shape index (κ3) is 3.55. The zero-order chi connectivity index (χ0) is 16.4. The SMILES string of the molecule is C=Cc1cccc2c1CN(C(=O)O[C@@H]1CN[C@H](C(=O)OC)C1)C2.Cl. The van der Waals surface area contributed by atoms with Crippen molar-refractivity contribution in [3.63, 3.8) is 0 Å². The van der Waals surface area contributed by atoms with Crippen molar-refractivity contribution in [3.05, 3.63) is 41.5 Å². The highest BCUT2D eigenvalue weighted by molar-refractivity contribution is 5.85. The van der Waals surface area contributed by atoms with E-state index in [1.54, 1.807) is 11.0 Å². The van der Waals surface area contributed by atoms with Crippen LogP contribution in [-0.2, 0) is 27.4 Å². The second-order valence-electron chi connectivity index (χ2n) is 5.77. The first-order valence-corrected chi connectivity index (χ1v) is 7.62. The monoisotopic (exact) mass is 352 g/mol. The lowest BCUT2D eigenvalue weighted by molar-refractivity contribution is -0.142. The van der Waals surface area contributed by atoms with Crippen LogP contribution in [0.3, 0.4) is 0 Å². The quantitative estimate of drug-likeness (QED) is 0.844. The number of benzene rings is 1. The third-order valence-corrected chi connectivity index (χ3v) is 4.34. The average molecular weight is 353 g/mol. The van der Waals surface area contributed by atoms with Crippen molar-refractivity contribution in [3.8, 4) is 0 Å². The van der Waals surface area contributed by atoms with E-state index in [4.69, 9.17) is 9.47 Å². The molecule has 24 heavy (non-hydrogen) atoms. The largest absolute Gasteiger partial charge is 0.468 e. The Morgan fingerprint density at radius 3 is 2.88 bits per heavy atom. The summed E-state index contributed by atoms with van der Waals surface area (Å²) >= 11 is 0. The van der Waals surface area contributed by atoms with E-state index in [2.05, 4.69) is 11.9 Å². The normalized spacial score (nSPS) is 21.6. The molecule has 1 N–H and O–H groups in total. The molecule has 1 amide bonds. The van der Waals surface area contributed by atoms with Crippen LogP contribution in [0.25, 0.3) is 6.08 Å². The van der Waals surface area contributed by atoms with Gasteiger partial charge in [-0.15, -0.1) is 12.4 Å². The highest BCUT2D eigenvalue weighted by Crippen LogP contribution is 2.27. The van der Waals surface area contributed by atoms with Crippen LogP contribution < -0.4 is 5.32 Å². The van der Waals surface area contributed by atoms with Gasteiger partial charge in [0.15, 0.2) is 0 Å². The molecule has 1 aromatic carbocycles. The first-order valence-electron chi connectivity index (χ1n) is 7.62. The smallest absolute Gasteiger partial charge is 0.410 e. The predicted octanol–water partition coefficient (Wildman–Crippen LogP) is 2.11. The molecule has 2 atom stereocenters. The summed E-state index contributed by atoms with van der Waals surface area (Å²) in [5.74, 6) is -0.326. The topological polar surface area (TPSA) is 67.9 Å². The van der Waals surface area contributed by atoms with E-state index < -0.39 is 6.04 Å². The fraction of sp³-hybridized carbons (Fsp3) is 0.412. The molecule has 0 unspecified atom stereocenters. The summed E-state index contributed by atoms with van der Waals surface area (Å²) < 4.78 is 10.2. The van der Waals surface area contributed by atoms with Crippen LogP contribution in [-0.4, -0.2) is 42.8 Å². The van der Waals surface area contributed by atoms with Gasteiger partial charge in [0.1, 0.15) is 12.1 Å². The van der Waals surface area contributed by atoms with Crippen LogP contribution in [0.5, 0.6) is 0 Å². The Bertz CT molecular complexity index is 649. The van der Waals surface area contributed by atoms with Crippen molar-refractivity contribution in [2.75, 3.05) is 13.7 Å². The van der Waals surface area contributed by atoms with Crippen molar-refractivity contribution >= 4 is 30.5 Å². The fourth-order valence-electron chi connectivity index (χ4n) is 3.10. The summed E-state index contributed by atoms with van der Waals surface area (Å²) in [5.41, 5.74) is 3.29. The number of esters is 1. The molecule has 0 radical (unpaired) electrons. The highest BCUT2D eigenvalue weighted by atomic mass is 35.5. The summed E-state index contributed by atoms with van der Waals surface area (Å²) in [5, 5.41) is 3.01. The van der Waals surface area contributed by atoms with Gasteiger partial charge in [0.05, 0.1) is 13.7 Å². The lowest BCUT2D eigenvalue weighted by atomic mass is 10.0. The van der Waals surface area contributed by atoms with Gasteiger partial charge in [-0.3, -0.25) is 9.69 Å². The Balaban J connectivity index is 0.00000208. The van der Waals surface area contributed by atoms with E-state index >= 15 is 0 Å². The molecule has 130 valence electrons. The van der Waals surface area contributed by atoms with Gasteiger partial charge in [-0.05, 0) is 16.7 Å². The van der Waals surface area contributed by atoms with Crippen LogP contribution in [0.4, 0.5) is 4.79 Å². The second kappa shape index (κ2) is 7.68. The first-order chi connectivity index (χ1) is 11.1. The Morgan fingerprint density at radius 2 is 2.17 bits per heavy atom. The molecule has 3 rings (SSSR count). The maximum atomic E-state index is 12.3. The molecule has 2 aliphatic rings. The average Bonchev–Trinajstić information content (AvgIpc) is 3.20. The van der Waals surface area contributed by atoms with Gasteiger partial charge in [0.25, 0.3) is 0 Å². The van der Waals surface area contributed by atoms with Crippen LogP contribution in [0.15, 0.2) is 24.8 Å². The Morgan fingerprint density at radius 1 is 1.38 bits per heavy atom. The number of hydrogen-bond donors (Lipinski definition) is 1. The number of hydrogen-bond acceptors (Lipinski definition) is 5. The van der Waals surface area contributed by atoms with Crippen LogP contribution in [0.1, 0.15) is 23.1 Å². The second-order valence-corrected chi connectivity index (χ2v) is 5.77. The van der Waals surface area contributed by atoms with Gasteiger partial charge in [-0.1, -0.05) is 30.9 Å². The van der Waals surface area contributed by atoms with Crippen molar-refractivity contribution in [2.45, 2.75) is 31.7 Å². The maximum Gasteiger partial charge on any atom is 0.410 e. The summed E-state index contributed by atoms with van der Waals surface area (Å²) in [6.45, 7) is 5.33. The van der Waals surface area contributed by atoms with E-state index in [-0.39, 0.29) is 30.6 Å². The van der Waals surface area contributed by atoms with E-state index in [0.29, 0.717) is 26.1 Å². The van der Waals surface area contributed by atoms with E-state index in [1.807, 2.05) is 18.2 Å². The molecule has 6 nitrogen and oxygen atoms in total. The molecule has 0 aliphatic carbocycles. The minimum atomic E-state index is -0.402. The minimum absolute atomic E-state index is 0. The molecule has 1 saturated heterocycles. The lowest BCUT2D eigenvalue weighted by Crippen LogP contribution is -2.31. The summed E-state index contributed by atoms with van der Waals surface area (Å²) in [6.07, 6.45) is 1.58. The number of carbonyl (C=O) groups excluding carboxylic acids is 2. The number of halogens is 1. The van der Waals surface area contributed by atoms with Crippen molar-refractivity contribution in [1.82, 2.24) is 10.2 Å². The number of ether oxygens (including phenoxy) is 2. The van der Waals surface area contributed by atoms with Crippen molar-refractivity contribution < 1.29 is 19.1 Å². The summed E-state index contributed by atoms with van der Waals surface area (Å²) in [4.78, 5) is 25.5. The van der Waals surface area contributed by atoms with Crippen LogP contribution >= 0.6 is 12.4 Å². The standard InChI is InChI=1S/C17H20N2O4.ClH/c1-3-11-5-4-6-12-9-19(10-14(11)12)17(21)23-13-7-15(18-8-13)16(20)22-2;/h3-6,13,15,18H,1,7-10H2,2H3;1H/t13-,15-;/m0./s1. The number of fused-ring (bicyclic) bond motifs is 1. The molecule has 0 saturated carbocycles. The molecule has 0 bridgehead atoms. The van der Waals surface area contributed by atoms with Crippen molar-refractivity contribution in [1.29, 1.82) is 0 Å². The third-order valence-electron chi connectivity index (χ3n) is 4.34. The van der Waals surface area contributed by atoms with Gasteiger partial charge in [0.2, 0.25) is 0 Å². The summed E-state index contributed by atoms with van der Waals surface area (Å²) in [7, 11) is 1.35. The van der Waals surface area contributed by atoms with E-state index in [0.717, 1.165) is 16.7 Å². The maximum absolute atomic E-state index is 12.3. The van der Waals surface area contributed by atoms with E-state index in [9.17, 15) is 9.59 Å². The van der Waals surface area contributed by atoms with Gasteiger partial charge in [0, 0.05) is 19.5 Å². The van der Waals surface area contributed by atoms with E-state index in [1.165, 1.54) is 7.11 Å². The molecule has 0 aromatic heterocycles. The van der Waals surface area contributed by atoms with Gasteiger partial charge >= 0.3 is 12.1 Å². The van der Waals surface area contributed by atoms with Crippen molar-refractivity contribution in [2.24, 2.45) is 0 Å². The molecule has 0 spiro atoms. The first kappa shape index (κ1) is 18.3. The van der Waals surface area contributed by atoms with Crippen LogP contribution in [0.2, 0.25) is 0 Å². The summed E-state index contributed by atoms with van der Waals surface area (Å²) in [6, 6.07) is 5.57. The number of rotatable bonds is 3. The molecule has 1 aromatic rings. The van der Waals surface area contributed by atoms with Gasteiger partial charge in [-0.2, -0.15) is 0 Å². The molecule has 2 heterocycles. The molecule has 2 aliphatic heterocycles. The number of amides is 1. The molecule has 7 heteroatoms. The Kier molecular flexibility index (Phi) is 5.85. The van der Waals surface area contributed by atoms with Gasteiger partial charge in [-0.25, -0.2) is 4.79 Å². The Hall–Kier alpha value is -2.05. The number of nitrogens with zero attached hydrogens (tertiary/aromatic N) is 1. The zero-order valence-electron chi connectivity index (χ0n) is 13.5. The number of methoxy groups -OCH3 is 1. The molecule has 1 fully saturated rings. The van der Waals surface area contributed by atoms with Gasteiger partial charge < -0.3 is 14.8 Å². The van der Waals surface area contributed by atoms with Crippen LogP contribution in [0, 0.1) is 0 Å². The lowest BCUT2D eigenvalue weighted by Gasteiger charge is -2.18. The fourth-order valence-corrected chi connectivity index (χ4v) is 3.10.